The third-order valence-corrected chi connectivity index (χ3v) is 3.55. The van der Waals surface area contributed by atoms with Crippen LogP contribution in [0.1, 0.15) is 39.5 Å². The van der Waals surface area contributed by atoms with E-state index in [0.29, 0.717) is 13.0 Å². The molecule has 0 bridgehead atoms. The first-order chi connectivity index (χ1) is 8.76. The van der Waals surface area contributed by atoms with Crippen molar-refractivity contribution in [3.8, 4) is 0 Å². The summed E-state index contributed by atoms with van der Waals surface area (Å²) >= 11 is 0. The van der Waals surface area contributed by atoms with Crippen LogP contribution in [-0.4, -0.2) is 46.9 Å². The molecule has 0 atom stereocenters. The Bertz CT molecular complexity index is 375. The number of carbonyl (C=O) groups excluding carboxylic acids is 2. The van der Waals surface area contributed by atoms with Gasteiger partial charge in [-0.3, -0.25) is 9.59 Å². The van der Waals surface area contributed by atoms with Gasteiger partial charge in [-0.25, -0.2) is 4.79 Å². The number of carbonyl (C=O) groups is 3. The Kier molecular flexibility index (Phi) is 4.91. The predicted molar refractivity (Wildman–Crippen MR) is 69.5 cm³/mol. The van der Waals surface area contributed by atoms with Gasteiger partial charge in [0, 0.05) is 25.9 Å². The zero-order valence-corrected chi connectivity index (χ0v) is 11.7. The Morgan fingerprint density at radius 2 is 1.89 bits per heavy atom. The smallest absolute Gasteiger partial charge is 0.329 e. The summed E-state index contributed by atoms with van der Waals surface area (Å²) in [6.07, 6.45) is 2.68. The van der Waals surface area contributed by atoms with Crippen LogP contribution in [0.15, 0.2) is 0 Å². The Morgan fingerprint density at radius 3 is 2.37 bits per heavy atom. The molecule has 2 N–H and O–H groups in total. The largest absolute Gasteiger partial charge is 0.480 e. The second kappa shape index (κ2) is 6.04. The molecule has 1 rings (SSSR count). The average molecular weight is 270 g/mol. The molecule has 1 aliphatic carbocycles. The molecule has 0 aromatic rings. The van der Waals surface area contributed by atoms with Crippen LogP contribution in [-0.2, 0) is 14.4 Å². The predicted octanol–water partition coefficient (Wildman–Crippen LogP) is 0.614. The van der Waals surface area contributed by atoms with E-state index in [1.54, 1.807) is 0 Å². The maximum absolute atomic E-state index is 11.8. The molecule has 0 aliphatic heterocycles. The highest BCUT2D eigenvalue weighted by Gasteiger charge is 2.34. The van der Waals surface area contributed by atoms with Crippen molar-refractivity contribution in [2.24, 2.45) is 5.92 Å². The molecule has 0 heterocycles. The van der Waals surface area contributed by atoms with Crippen LogP contribution in [0.2, 0.25) is 0 Å². The molecule has 0 aromatic carbocycles. The first kappa shape index (κ1) is 15.5. The molecule has 0 unspecified atom stereocenters. The standard InChI is InChI=1S/C13H22N2O4/c1-13(2,12(18)19)15(3)10(16)5-4-8-14-11(17)9-6-7-9/h9H,4-8H2,1-3H3,(H,14,17)(H,18,19). The van der Waals surface area contributed by atoms with Crippen LogP contribution in [0.5, 0.6) is 0 Å². The Balaban J connectivity index is 2.26. The van der Waals surface area contributed by atoms with Crippen LogP contribution >= 0.6 is 0 Å². The van der Waals surface area contributed by atoms with Crippen LogP contribution in [0.25, 0.3) is 0 Å². The Labute approximate surface area is 113 Å². The number of nitrogens with one attached hydrogen (secondary N) is 1. The summed E-state index contributed by atoms with van der Waals surface area (Å²) in [5.41, 5.74) is -1.21. The van der Waals surface area contributed by atoms with Crippen molar-refractivity contribution in [1.82, 2.24) is 10.2 Å². The zero-order chi connectivity index (χ0) is 14.6. The van der Waals surface area contributed by atoms with Gasteiger partial charge in [0.25, 0.3) is 0 Å². The highest BCUT2D eigenvalue weighted by molar-refractivity contribution is 5.86. The van der Waals surface area contributed by atoms with E-state index in [-0.39, 0.29) is 24.2 Å². The number of likely N-dealkylation sites (N-methyl/N-ethyl adjacent to an activating group) is 1. The average Bonchev–Trinajstić information content (AvgIpc) is 3.16. The summed E-state index contributed by atoms with van der Waals surface area (Å²) in [4.78, 5) is 35.4. The van der Waals surface area contributed by atoms with Crippen LogP contribution in [0.3, 0.4) is 0 Å². The van der Waals surface area contributed by atoms with Crippen molar-refractivity contribution in [2.45, 2.75) is 45.1 Å². The summed E-state index contributed by atoms with van der Waals surface area (Å²) in [6.45, 7) is 3.44. The summed E-state index contributed by atoms with van der Waals surface area (Å²) < 4.78 is 0. The number of carboxylic acid groups (broad SMARTS) is 1. The monoisotopic (exact) mass is 270 g/mol. The highest BCUT2D eigenvalue weighted by atomic mass is 16.4. The molecule has 1 saturated carbocycles. The number of rotatable bonds is 7. The van der Waals surface area contributed by atoms with Gasteiger partial charge in [-0.1, -0.05) is 0 Å². The lowest BCUT2D eigenvalue weighted by Crippen LogP contribution is -2.50. The molecule has 6 nitrogen and oxygen atoms in total. The minimum atomic E-state index is -1.21. The van der Waals surface area contributed by atoms with Gasteiger partial charge in [-0.05, 0) is 33.1 Å². The van der Waals surface area contributed by atoms with Crippen molar-refractivity contribution in [3.05, 3.63) is 0 Å². The van der Waals surface area contributed by atoms with Crippen molar-refractivity contribution >= 4 is 17.8 Å². The van der Waals surface area contributed by atoms with Gasteiger partial charge < -0.3 is 15.3 Å². The van der Waals surface area contributed by atoms with Gasteiger partial charge >= 0.3 is 5.97 Å². The topological polar surface area (TPSA) is 86.7 Å². The fourth-order valence-electron chi connectivity index (χ4n) is 1.56. The second-order valence-electron chi connectivity index (χ2n) is 5.49. The van der Waals surface area contributed by atoms with E-state index in [1.165, 1.54) is 25.8 Å². The summed E-state index contributed by atoms with van der Waals surface area (Å²) in [5.74, 6) is -1.03. The third kappa shape index (κ3) is 4.22. The van der Waals surface area contributed by atoms with Crippen molar-refractivity contribution in [1.29, 1.82) is 0 Å². The van der Waals surface area contributed by atoms with Gasteiger partial charge in [0.2, 0.25) is 11.8 Å². The number of carboxylic acids is 1. The zero-order valence-electron chi connectivity index (χ0n) is 11.7. The van der Waals surface area contributed by atoms with E-state index >= 15 is 0 Å². The maximum atomic E-state index is 11.8. The Morgan fingerprint density at radius 1 is 1.32 bits per heavy atom. The highest BCUT2D eigenvalue weighted by Crippen LogP contribution is 2.28. The van der Waals surface area contributed by atoms with Gasteiger partial charge in [-0.15, -0.1) is 0 Å². The van der Waals surface area contributed by atoms with Crippen molar-refractivity contribution in [2.75, 3.05) is 13.6 Å². The van der Waals surface area contributed by atoms with E-state index in [2.05, 4.69) is 5.32 Å². The lowest BCUT2D eigenvalue weighted by Gasteiger charge is -2.31. The summed E-state index contributed by atoms with van der Waals surface area (Å²) in [7, 11) is 1.49. The molecular formula is C13H22N2O4. The summed E-state index contributed by atoms with van der Waals surface area (Å²) in [6, 6.07) is 0. The first-order valence-electron chi connectivity index (χ1n) is 6.54. The minimum Gasteiger partial charge on any atom is -0.480 e. The molecule has 0 saturated heterocycles. The summed E-state index contributed by atoms with van der Waals surface area (Å²) in [5, 5.41) is 11.8. The van der Waals surface area contributed by atoms with Gasteiger partial charge in [0.1, 0.15) is 5.54 Å². The third-order valence-electron chi connectivity index (χ3n) is 3.55. The molecule has 108 valence electrons. The number of amides is 2. The van der Waals surface area contributed by atoms with Crippen molar-refractivity contribution in [3.63, 3.8) is 0 Å². The molecule has 1 fully saturated rings. The minimum absolute atomic E-state index is 0.0617. The molecule has 0 aromatic heterocycles. The number of aliphatic carboxylic acids is 1. The quantitative estimate of drug-likeness (QED) is 0.664. The number of nitrogens with zero attached hydrogens (tertiary/aromatic N) is 1. The second-order valence-corrected chi connectivity index (χ2v) is 5.49. The van der Waals surface area contributed by atoms with Gasteiger partial charge in [0.05, 0.1) is 0 Å². The normalized spacial score (nSPS) is 14.9. The maximum Gasteiger partial charge on any atom is 0.329 e. The molecule has 0 radical (unpaired) electrons. The number of hydrogen-bond donors (Lipinski definition) is 2. The first-order valence-corrected chi connectivity index (χ1v) is 6.54. The van der Waals surface area contributed by atoms with Crippen LogP contribution in [0, 0.1) is 5.92 Å². The fraction of sp³-hybridized carbons (Fsp3) is 0.769. The fourth-order valence-corrected chi connectivity index (χ4v) is 1.56. The molecule has 19 heavy (non-hydrogen) atoms. The van der Waals surface area contributed by atoms with Gasteiger partial charge in [-0.2, -0.15) is 0 Å². The molecule has 6 heteroatoms. The van der Waals surface area contributed by atoms with Crippen molar-refractivity contribution < 1.29 is 19.5 Å². The SMILES string of the molecule is CN(C(=O)CCCNC(=O)C1CC1)C(C)(C)C(=O)O. The van der Waals surface area contributed by atoms with E-state index < -0.39 is 11.5 Å². The van der Waals surface area contributed by atoms with E-state index in [1.807, 2.05) is 0 Å². The van der Waals surface area contributed by atoms with E-state index in [0.717, 1.165) is 12.8 Å². The lowest BCUT2D eigenvalue weighted by atomic mass is 10.0. The van der Waals surface area contributed by atoms with Crippen LogP contribution in [0.4, 0.5) is 0 Å². The number of hydrogen-bond acceptors (Lipinski definition) is 3. The van der Waals surface area contributed by atoms with E-state index in [4.69, 9.17) is 5.11 Å². The Hall–Kier alpha value is -1.59. The molecule has 2 amide bonds. The van der Waals surface area contributed by atoms with E-state index in [9.17, 15) is 14.4 Å². The van der Waals surface area contributed by atoms with Gasteiger partial charge in [0.15, 0.2) is 0 Å². The van der Waals surface area contributed by atoms with Crippen LogP contribution < -0.4 is 5.32 Å². The lowest BCUT2D eigenvalue weighted by molar-refractivity contribution is -0.155. The molecular weight excluding hydrogens is 248 g/mol. The molecule has 1 aliphatic rings. The molecule has 0 spiro atoms.